The van der Waals surface area contributed by atoms with E-state index in [0.717, 1.165) is 19.3 Å². The van der Waals surface area contributed by atoms with Gasteiger partial charge in [-0.15, -0.1) is 0 Å². The van der Waals surface area contributed by atoms with Crippen LogP contribution in [-0.2, 0) is 22.4 Å². The largest absolute Gasteiger partial charge is 0.481 e. The smallest absolute Gasteiger partial charge is 0.312 e. The second kappa shape index (κ2) is 4.99. The number of benzene rings is 1. The van der Waals surface area contributed by atoms with Crippen molar-refractivity contribution in [3.63, 3.8) is 0 Å². The highest BCUT2D eigenvalue weighted by atomic mass is 16.4. The second-order valence-electron chi connectivity index (χ2n) is 4.35. The second-order valence-corrected chi connectivity index (χ2v) is 4.35. The van der Waals surface area contributed by atoms with Crippen molar-refractivity contribution in [2.75, 3.05) is 0 Å². The van der Waals surface area contributed by atoms with E-state index >= 15 is 0 Å². The predicted octanol–water partition coefficient (Wildman–Crippen LogP) is 1.13. The summed E-state index contributed by atoms with van der Waals surface area (Å²) in [6, 6.07) is 8.23. The molecule has 0 saturated carbocycles. The number of nitrogens with one attached hydrogen (secondary N) is 1. The molecule has 1 unspecified atom stereocenters. The van der Waals surface area contributed by atoms with E-state index in [-0.39, 0.29) is 6.04 Å². The number of aliphatic carboxylic acids is 1. The number of hydrogen-bond acceptors (Lipinski definition) is 2. The van der Waals surface area contributed by atoms with Crippen molar-refractivity contribution in [2.45, 2.75) is 31.7 Å². The van der Waals surface area contributed by atoms with E-state index in [9.17, 15) is 9.59 Å². The summed E-state index contributed by atoms with van der Waals surface area (Å²) < 4.78 is 0. The third-order valence-electron chi connectivity index (χ3n) is 3.02. The Labute approximate surface area is 99.6 Å². The van der Waals surface area contributed by atoms with E-state index in [1.165, 1.54) is 11.1 Å². The molecule has 2 rings (SSSR count). The van der Waals surface area contributed by atoms with Gasteiger partial charge in [-0.2, -0.15) is 0 Å². The van der Waals surface area contributed by atoms with Crippen LogP contribution < -0.4 is 5.32 Å². The maximum Gasteiger partial charge on any atom is 0.312 e. The zero-order valence-electron chi connectivity index (χ0n) is 9.48. The topological polar surface area (TPSA) is 66.4 Å². The molecule has 0 aliphatic heterocycles. The molecule has 90 valence electrons. The fourth-order valence-electron chi connectivity index (χ4n) is 2.24. The lowest BCUT2D eigenvalue weighted by atomic mass is 9.88. The number of amides is 1. The predicted molar refractivity (Wildman–Crippen MR) is 62.7 cm³/mol. The van der Waals surface area contributed by atoms with Gasteiger partial charge >= 0.3 is 5.97 Å². The Morgan fingerprint density at radius 3 is 2.71 bits per heavy atom. The Balaban J connectivity index is 1.94. The highest BCUT2D eigenvalue weighted by Gasteiger charge is 2.20. The zero-order valence-corrected chi connectivity index (χ0v) is 9.48. The van der Waals surface area contributed by atoms with Crippen molar-refractivity contribution < 1.29 is 14.7 Å². The number of carboxylic acid groups (broad SMARTS) is 1. The van der Waals surface area contributed by atoms with E-state index in [1.54, 1.807) is 0 Å². The quantitative estimate of drug-likeness (QED) is 0.769. The molecule has 0 aromatic heterocycles. The van der Waals surface area contributed by atoms with E-state index in [0.29, 0.717) is 0 Å². The Hall–Kier alpha value is -1.84. The number of fused-ring (bicyclic) bond motifs is 1. The van der Waals surface area contributed by atoms with Crippen LogP contribution >= 0.6 is 0 Å². The summed E-state index contributed by atoms with van der Waals surface area (Å²) in [4.78, 5) is 21.7. The Bertz CT molecular complexity index is 442. The first-order chi connectivity index (χ1) is 8.15. The molecule has 1 aliphatic carbocycles. The Morgan fingerprint density at radius 1 is 1.29 bits per heavy atom. The lowest BCUT2D eigenvalue weighted by molar-refractivity contribution is -0.140. The van der Waals surface area contributed by atoms with Gasteiger partial charge in [0.2, 0.25) is 5.91 Å². The molecule has 1 amide bonds. The van der Waals surface area contributed by atoms with Crippen LogP contribution in [0.2, 0.25) is 0 Å². The van der Waals surface area contributed by atoms with E-state index in [1.807, 2.05) is 12.1 Å². The van der Waals surface area contributed by atoms with Crippen LogP contribution in [-0.4, -0.2) is 23.0 Å². The van der Waals surface area contributed by atoms with Crippen molar-refractivity contribution in [1.29, 1.82) is 0 Å². The van der Waals surface area contributed by atoms with E-state index in [2.05, 4.69) is 17.4 Å². The fourth-order valence-corrected chi connectivity index (χ4v) is 2.24. The molecule has 2 N–H and O–H groups in total. The Morgan fingerprint density at radius 2 is 2.00 bits per heavy atom. The molecule has 0 spiro atoms. The monoisotopic (exact) mass is 233 g/mol. The average molecular weight is 233 g/mol. The van der Waals surface area contributed by atoms with Crippen LogP contribution in [0.3, 0.4) is 0 Å². The molecule has 0 radical (unpaired) electrons. The summed E-state index contributed by atoms with van der Waals surface area (Å²) in [5.41, 5.74) is 2.58. The van der Waals surface area contributed by atoms with Gasteiger partial charge in [0.05, 0.1) is 0 Å². The molecule has 17 heavy (non-hydrogen) atoms. The molecule has 1 aromatic carbocycles. The van der Waals surface area contributed by atoms with Crippen LogP contribution in [0, 0.1) is 0 Å². The molecule has 0 heterocycles. The van der Waals surface area contributed by atoms with Crippen molar-refractivity contribution in [1.82, 2.24) is 5.32 Å². The van der Waals surface area contributed by atoms with Crippen molar-refractivity contribution in [3.8, 4) is 0 Å². The standard InChI is InChI=1S/C13H15NO3/c15-12(8-13(16)17)14-11-6-5-9-3-1-2-4-10(9)7-11/h1-4,11H,5-8H2,(H,14,15)(H,16,17). The number of carboxylic acids is 1. The van der Waals surface area contributed by atoms with Gasteiger partial charge in [0, 0.05) is 6.04 Å². The fraction of sp³-hybridized carbons (Fsp3) is 0.385. The molecule has 1 aromatic rings. The number of carbonyl (C=O) groups excluding carboxylic acids is 1. The average Bonchev–Trinajstić information content (AvgIpc) is 2.27. The lowest BCUT2D eigenvalue weighted by Crippen LogP contribution is -2.39. The van der Waals surface area contributed by atoms with E-state index < -0.39 is 18.3 Å². The van der Waals surface area contributed by atoms with Gasteiger partial charge in [0.25, 0.3) is 0 Å². The van der Waals surface area contributed by atoms with Crippen LogP contribution in [0.4, 0.5) is 0 Å². The summed E-state index contributed by atoms with van der Waals surface area (Å²) in [5, 5.41) is 11.3. The first-order valence-corrected chi connectivity index (χ1v) is 5.73. The highest BCUT2D eigenvalue weighted by Crippen LogP contribution is 2.20. The Kier molecular flexibility index (Phi) is 3.42. The van der Waals surface area contributed by atoms with E-state index in [4.69, 9.17) is 5.11 Å². The molecule has 1 atom stereocenters. The minimum Gasteiger partial charge on any atom is -0.481 e. The normalized spacial score (nSPS) is 18.2. The molecule has 4 nitrogen and oxygen atoms in total. The van der Waals surface area contributed by atoms with Crippen LogP contribution in [0.1, 0.15) is 24.0 Å². The SMILES string of the molecule is O=C(O)CC(=O)NC1CCc2ccccc2C1. The molecule has 4 heteroatoms. The maximum absolute atomic E-state index is 11.3. The van der Waals surface area contributed by atoms with Crippen LogP contribution in [0.25, 0.3) is 0 Å². The van der Waals surface area contributed by atoms with Gasteiger partial charge in [-0.3, -0.25) is 9.59 Å². The van der Waals surface area contributed by atoms with Gasteiger partial charge in [-0.05, 0) is 30.4 Å². The van der Waals surface area contributed by atoms with Gasteiger partial charge in [0.1, 0.15) is 6.42 Å². The molecule has 0 fully saturated rings. The molecule has 0 bridgehead atoms. The molecular formula is C13H15NO3. The molecule has 0 saturated heterocycles. The first kappa shape index (κ1) is 11.6. The minimum atomic E-state index is -1.08. The third-order valence-corrected chi connectivity index (χ3v) is 3.02. The first-order valence-electron chi connectivity index (χ1n) is 5.73. The number of aryl methyl sites for hydroxylation is 1. The van der Waals surface area contributed by atoms with Gasteiger partial charge in [-0.25, -0.2) is 0 Å². The van der Waals surface area contributed by atoms with Gasteiger partial charge < -0.3 is 10.4 Å². The van der Waals surface area contributed by atoms with Gasteiger partial charge in [-0.1, -0.05) is 24.3 Å². The van der Waals surface area contributed by atoms with Crippen molar-refractivity contribution in [3.05, 3.63) is 35.4 Å². The molecule has 1 aliphatic rings. The summed E-state index contributed by atoms with van der Waals surface area (Å²) in [7, 11) is 0. The number of rotatable bonds is 3. The van der Waals surface area contributed by atoms with Crippen LogP contribution in [0.5, 0.6) is 0 Å². The zero-order chi connectivity index (χ0) is 12.3. The number of hydrogen-bond donors (Lipinski definition) is 2. The van der Waals surface area contributed by atoms with Crippen molar-refractivity contribution >= 4 is 11.9 Å². The third kappa shape index (κ3) is 3.06. The number of carbonyl (C=O) groups is 2. The van der Waals surface area contributed by atoms with Crippen molar-refractivity contribution in [2.24, 2.45) is 0 Å². The summed E-state index contributed by atoms with van der Waals surface area (Å²) in [6.07, 6.45) is 2.16. The maximum atomic E-state index is 11.3. The summed E-state index contributed by atoms with van der Waals surface area (Å²) >= 11 is 0. The van der Waals surface area contributed by atoms with Gasteiger partial charge in [0.15, 0.2) is 0 Å². The molecular weight excluding hydrogens is 218 g/mol. The summed E-state index contributed by atoms with van der Waals surface area (Å²) in [6.45, 7) is 0. The summed E-state index contributed by atoms with van der Waals surface area (Å²) in [5.74, 6) is -1.49. The lowest BCUT2D eigenvalue weighted by Gasteiger charge is -2.25. The highest BCUT2D eigenvalue weighted by molar-refractivity contribution is 5.93. The minimum absolute atomic E-state index is 0.0664. The van der Waals surface area contributed by atoms with Crippen LogP contribution in [0.15, 0.2) is 24.3 Å².